The fraction of sp³-hybridized carbons (Fsp3) is 0.346. The van der Waals surface area contributed by atoms with Crippen LogP contribution in [-0.2, 0) is 13.1 Å². The van der Waals surface area contributed by atoms with Crippen molar-refractivity contribution < 1.29 is 4.79 Å². The van der Waals surface area contributed by atoms with Crippen molar-refractivity contribution in [1.29, 1.82) is 0 Å². The lowest BCUT2D eigenvalue weighted by molar-refractivity contribution is 0.0683. The van der Waals surface area contributed by atoms with Gasteiger partial charge < -0.3 is 14.0 Å². The molecule has 0 bridgehead atoms. The van der Waals surface area contributed by atoms with E-state index in [1.54, 1.807) is 12.5 Å². The summed E-state index contributed by atoms with van der Waals surface area (Å²) in [5.41, 5.74) is 6.79. The summed E-state index contributed by atoms with van der Waals surface area (Å²) in [6, 6.07) is 12.4. The van der Waals surface area contributed by atoms with Crippen LogP contribution in [0.4, 0.5) is 0 Å². The lowest BCUT2D eigenvalue weighted by atomic mass is 9.96. The van der Waals surface area contributed by atoms with Gasteiger partial charge in [0.05, 0.1) is 23.7 Å². The van der Waals surface area contributed by atoms with Crippen molar-refractivity contribution in [2.75, 3.05) is 13.1 Å². The second kappa shape index (κ2) is 8.61. The summed E-state index contributed by atoms with van der Waals surface area (Å²) >= 11 is 0. The quantitative estimate of drug-likeness (QED) is 0.473. The van der Waals surface area contributed by atoms with Gasteiger partial charge in [-0.1, -0.05) is 12.1 Å². The predicted molar refractivity (Wildman–Crippen MR) is 126 cm³/mol. The minimum Gasteiger partial charge on any atom is -0.339 e. The molecule has 3 heterocycles. The molecule has 0 spiro atoms. The van der Waals surface area contributed by atoms with E-state index < -0.39 is 0 Å². The van der Waals surface area contributed by atoms with Crippen molar-refractivity contribution in [3.05, 3.63) is 83.7 Å². The van der Waals surface area contributed by atoms with Crippen LogP contribution in [-0.4, -0.2) is 43.0 Å². The molecule has 0 radical (unpaired) electrons. The van der Waals surface area contributed by atoms with Crippen molar-refractivity contribution in [2.24, 2.45) is 5.92 Å². The second-order valence-corrected chi connectivity index (χ2v) is 8.99. The fourth-order valence-electron chi connectivity index (χ4n) is 4.58. The number of carbonyl (C=O) groups excluding carboxylic acids is 1. The van der Waals surface area contributed by atoms with Crippen LogP contribution in [0.15, 0.2) is 61.4 Å². The molecule has 32 heavy (non-hydrogen) atoms. The summed E-state index contributed by atoms with van der Waals surface area (Å²) in [5, 5.41) is 0. The van der Waals surface area contributed by atoms with E-state index in [4.69, 9.17) is 0 Å². The van der Waals surface area contributed by atoms with E-state index in [9.17, 15) is 4.79 Å². The molecule has 0 unspecified atom stereocenters. The molecule has 1 saturated heterocycles. The number of nitrogens with zero attached hydrogens (tertiary/aromatic N) is 5. The van der Waals surface area contributed by atoms with Gasteiger partial charge in [-0.15, -0.1) is 0 Å². The van der Waals surface area contributed by atoms with E-state index in [1.807, 2.05) is 46.3 Å². The third-order valence-electron chi connectivity index (χ3n) is 6.72. The molecular weight excluding hydrogens is 398 g/mol. The highest BCUT2D eigenvalue weighted by atomic mass is 16.2. The highest BCUT2D eigenvalue weighted by Gasteiger charge is 2.24. The standard InChI is InChI=1S/C26H29N5O/c1-19-13-24-25(14-20(19)2)31(18-28-24)16-22-7-10-30(11-8-22)26(32)23-5-3-21(4-6-23)15-29-12-9-27-17-29/h3-6,9,12-14,17-18,22H,7-8,10-11,15-16H2,1-2H3. The van der Waals surface area contributed by atoms with E-state index in [0.717, 1.165) is 55.7 Å². The topological polar surface area (TPSA) is 56.0 Å². The first-order valence-electron chi connectivity index (χ1n) is 11.3. The van der Waals surface area contributed by atoms with Gasteiger partial charge in [-0.05, 0) is 73.6 Å². The van der Waals surface area contributed by atoms with Crippen LogP contribution in [0.2, 0.25) is 0 Å². The molecule has 0 atom stereocenters. The van der Waals surface area contributed by atoms with E-state index in [0.29, 0.717) is 5.92 Å². The van der Waals surface area contributed by atoms with Gasteiger partial charge in [-0.25, -0.2) is 9.97 Å². The maximum atomic E-state index is 13.0. The third kappa shape index (κ3) is 4.17. The van der Waals surface area contributed by atoms with Gasteiger partial charge in [0.15, 0.2) is 0 Å². The average molecular weight is 428 g/mol. The first-order valence-corrected chi connectivity index (χ1v) is 11.3. The number of aromatic nitrogens is 4. The number of aryl methyl sites for hydroxylation is 2. The Bertz CT molecular complexity index is 1220. The van der Waals surface area contributed by atoms with Crippen LogP contribution in [0.25, 0.3) is 11.0 Å². The summed E-state index contributed by atoms with van der Waals surface area (Å²) in [7, 11) is 0. The highest BCUT2D eigenvalue weighted by Crippen LogP contribution is 2.24. The number of hydrogen-bond acceptors (Lipinski definition) is 3. The number of carbonyl (C=O) groups is 1. The first kappa shape index (κ1) is 20.5. The molecule has 5 rings (SSSR count). The molecule has 6 heteroatoms. The minimum absolute atomic E-state index is 0.136. The number of hydrogen-bond donors (Lipinski definition) is 0. The molecule has 4 aromatic rings. The molecule has 1 amide bonds. The zero-order valence-corrected chi connectivity index (χ0v) is 18.7. The van der Waals surface area contributed by atoms with Crippen LogP contribution >= 0.6 is 0 Å². The number of rotatable bonds is 5. The summed E-state index contributed by atoms with van der Waals surface area (Å²) in [4.78, 5) is 23.7. The van der Waals surface area contributed by atoms with Gasteiger partial charge in [-0.3, -0.25) is 4.79 Å². The van der Waals surface area contributed by atoms with Crippen LogP contribution in [0, 0.1) is 19.8 Å². The molecule has 164 valence electrons. The lowest BCUT2D eigenvalue weighted by Crippen LogP contribution is -2.39. The Labute approximate surface area is 188 Å². The van der Waals surface area contributed by atoms with Gasteiger partial charge >= 0.3 is 0 Å². The van der Waals surface area contributed by atoms with E-state index >= 15 is 0 Å². The van der Waals surface area contributed by atoms with Crippen molar-refractivity contribution in [1.82, 2.24) is 24.0 Å². The normalized spacial score (nSPS) is 14.9. The summed E-state index contributed by atoms with van der Waals surface area (Å²) < 4.78 is 4.30. The van der Waals surface area contributed by atoms with Crippen LogP contribution in [0.3, 0.4) is 0 Å². The molecule has 1 aliphatic rings. The SMILES string of the molecule is Cc1cc2ncn(CC3CCN(C(=O)c4ccc(Cn5ccnc5)cc4)CC3)c2cc1C. The van der Waals surface area contributed by atoms with Crippen molar-refractivity contribution in [3.8, 4) is 0 Å². The number of benzene rings is 2. The molecule has 6 nitrogen and oxygen atoms in total. The fourth-order valence-corrected chi connectivity index (χ4v) is 4.58. The van der Waals surface area contributed by atoms with Gasteiger partial charge in [-0.2, -0.15) is 0 Å². The number of amides is 1. The van der Waals surface area contributed by atoms with Crippen LogP contribution in [0.5, 0.6) is 0 Å². The molecule has 1 fully saturated rings. The van der Waals surface area contributed by atoms with Gasteiger partial charge in [0.1, 0.15) is 0 Å². The number of fused-ring (bicyclic) bond motifs is 1. The Morgan fingerprint density at radius 1 is 1.03 bits per heavy atom. The second-order valence-electron chi connectivity index (χ2n) is 8.99. The smallest absolute Gasteiger partial charge is 0.253 e. The Kier molecular flexibility index (Phi) is 5.52. The van der Waals surface area contributed by atoms with Gasteiger partial charge in [0, 0.05) is 44.1 Å². The number of likely N-dealkylation sites (tertiary alicyclic amines) is 1. The monoisotopic (exact) mass is 427 g/mol. The van der Waals surface area contributed by atoms with E-state index in [1.165, 1.54) is 16.6 Å². The van der Waals surface area contributed by atoms with E-state index in [-0.39, 0.29) is 5.91 Å². The van der Waals surface area contributed by atoms with Gasteiger partial charge in [0.2, 0.25) is 0 Å². The molecule has 0 saturated carbocycles. The molecule has 0 N–H and O–H groups in total. The average Bonchev–Trinajstić information content (AvgIpc) is 3.45. The zero-order chi connectivity index (χ0) is 22.1. The molecule has 1 aliphatic heterocycles. The number of piperidine rings is 1. The Morgan fingerprint density at radius 2 is 1.78 bits per heavy atom. The largest absolute Gasteiger partial charge is 0.339 e. The summed E-state index contributed by atoms with van der Waals surface area (Å²) in [6.07, 6.45) is 9.53. The maximum Gasteiger partial charge on any atom is 0.253 e. The predicted octanol–water partition coefficient (Wildman–Crippen LogP) is 4.45. The summed E-state index contributed by atoms with van der Waals surface area (Å²) in [6.45, 7) is 7.64. The zero-order valence-electron chi connectivity index (χ0n) is 18.7. The number of imidazole rings is 2. The van der Waals surface area contributed by atoms with Crippen molar-refractivity contribution >= 4 is 16.9 Å². The minimum atomic E-state index is 0.136. The molecular formula is C26H29N5O. The maximum absolute atomic E-state index is 13.0. The Balaban J connectivity index is 1.18. The third-order valence-corrected chi connectivity index (χ3v) is 6.72. The molecule has 0 aliphatic carbocycles. The highest BCUT2D eigenvalue weighted by molar-refractivity contribution is 5.94. The van der Waals surface area contributed by atoms with E-state index in [2.05, 4.69) is 40.5 Å². The lowest BCUT2D eigenvalue weighted by Gasteiger charge is -2.32. The van der Waals surface area contributed by atoms with Crippen LogP contribution < -0.4 is 0 Å². The first-order chi connectivity index (χ1) is 15.6. The Morgan fingerprint density at radius 3 is 2.50 bits per heavy atom. The van der Waals surface area contributed by atoms with Crippen molar-refractivity contribution in [2.45, 2.75) is 39.8 Å². The summed E-state index contributed by atoms with van der Waals surface area (Å²) in [5.74, 6) is 0.701. The molecule has 2 aromatic carbocycles. The van der Waals surface area contributed by atoms with Gasteiger partial charge in [0.25, 0.3) is 5.91 Å². The Hall–Kier alpha value is -3.41. The molecule has 2 aromatic heterocycles. The van der Waals surface area contributed by atoms with Crippen molar-refractivity contribution in [3.63, 3.8) is 0 Å². The van der Waals surface area contributed by atoms with Crippen LogP contribution in [0.1, 0.15) is 39.9 Å².